The third-order valence-corrected chi connectivity index (χ3v) is 4.10. The van der Waals surface area contributed by atoms with Gasteiger partial charge in [0.1, 0.15) is 5.92 Å². The van der Waals surface area contributed by atoms with Gasteiger partial charge in [-0.3, -0.25) is 14.9 Å². The Labute approximate surface area is 144 Å². The van der Waals surface area contributed by atoms with Gasteiger partial charge in [0.25, 0.3) is 5.69 Å². The summed E-state index contributed by atoms with van der Waals surface area (Å²) < 4.78 is 9.65. The molecule has 2 atom stereocenters. The van der Waals surface area contributed by atoms with Crippen LogP contribution in [0.2, 0.25) is 0 Å². The summed E-state index contributed by atoms with van der Waals surface area (Å²) in [6, 6.07) is 5.94. The van der Waals surface area contributed by atoms with Crippen LogP contribution in [-0.4, -0.2) is 31.1 Å². The van der Waals surface area contributed by atoms with Crippen molar-refractivity contribution in [1.29, 1.82) is 0 Å². The first kappa shape index (κ1) is 18.2. The van der Waals surface area contributed by atoms with Crippen molar-refractivity contribution in [3.63, 3.8) is 0 Å². The van der Waals surface area contributed by atoms with E-state index in [2.05, 4.69) is 11.9 Å². The molecule has 0 aromatic heterocycles. The number of hydrogen-bond acceptors (Lipinski definition) is 7. The van der Waals surface area contributed by atoms with Crippen molar-refractivity contribution in [2.45, 2.75) is 12.8 Å². The van der Waals surface area contributed by atoms with E-state index in [-0.39, 0.29) is 16.8 Å². The summed E-state index contributed by atoms with van der Waals surface area (Å²) in [5.41, 5.74) is 0.843. The molecule has 8 heteroatoms. The number of methoxy groups -OCH3 is 2. The minimum absolute atomic E-state index is 0.125. The molecule has 0 amide bonds. The molecular weight excluding hydrogens is 328 g/mol. The Kier molecular flexibility index (Phi) is 5.21. The molecule has 1 heterocycles. The number of carbonyl (C=O) groups excluding carboxylic acids is 2. The molecule has 2 unspecified atom stereocenters. The summed E-state index contributed by atoms with van der Waals surface area (Å²) in [6.07, 6.45) is 0. The van der Waals surface area contributed by atoms with E-state index in [1.165, 1.54) is 32.4 Å². The minimum atomic E-state index is -1.01. The zero-order valence-corrected chi connectivity index (χ0v) is 14.1. The van der Waals surface area contributed by atoms with Crippen molar-refractivity contribution >= 4 is 17.6 Å². The molecule has 1 aromatic rings. The van der Waals surface area contributed by atoms with Crippen LogP contribution in [0.5, 0.6) is 0 Å². The van der Waals surface area contributed by atoms with Gasteiger partial charge < -0.3 is 14.8 Å². The molecule has 0 bridgehead atoms. The van der Waals surface area contributed by atoms with Crippen molar-refractivity contribution in [2.75, 3.05) is 14.2 Å². The summed E-state index contributed by atoms with van der Waals surface area (Å²) in [5, 5.41) is 14.3. The second-order valence-electron chi connectivity index (χ2n) is 5.47. The quantitative estimate of drug-likeness (QED) is 0.505. The van der Waals surface area contributed by atoms with Crippen LogP contribution in [0.3, 0.4) is 0 Å². The van der Waals surface area contributed by atoms with Crippen LogP contribution < -0.4 is 5.32 Å². The van der Waals surface area contributed by atoms with Gasteiger partial charge in [-0.2, -0.15) is 0 Å². The van der Waals surface area contributed by atoms with Crippen LogP contribution in [0.1, 0.15) is 18.4 Å². The molecule has 0 spiro atoms. The smallest absolute Gasteiger partial charge is 0.336 e. The lowest BCUT2D eigenvalue weighted by Crippen LogP contribution is -2.39. The molecule has 8 nitrogen and oxygen atoms in total. The Morgan fingerprint density at radius 3 is 2.44 bits per heavy atom. The number of benzene rings is 1. The number of hydrogen-bond donors (Lipinski definition) is 1. The van der Waals surface area contributed by atoms with Crippen molar-refractivity contribution in [1.82, 2.24) is 5.32 Å². The van der Waals surface area contributed by atoms with E-state index in [0.29, 0.717) is 11.4 Å². The minimum Gasteiger partial charge on any atom is -0.468 e. The first-order chi connectivity index (χ1) is 11.8. The lowest BCUT2D eigenvalue weighted by Gasteiger charge is -2.34. The average Bonchev–Trinajstić information content (AvgIpc) is 2.59. The summed E-state index contributed by atoms with van der Waals surface area (Å²) in [6.45, 7) is 5.43. The molecule has 2 rings (SSSR count). The Hall–Kier alpha value is -3.16. The highest BCUT2D eigenvalue weighted by Crippen LogP contribution is 2.44. The van der Waals surface area contributed by atoms with Crippen molar-refractivity contribution in [3.8, 4) is 0 Å². The molecule has 0 saturated carbocycles. The molecule has 1 N–H and O–H groups in total. The fourth-order valence-electron chi connectivity index (χ4n) is 3.03. The second-order valence-corrected chi connectivity index (χ2v) is 5.47. The van der Waals surface area contributed by atoms with E-state index in [0.717, 1.165) is 0 Å². The lowest BCUT2D eigenvalue weighted by atomic mass is 9.75. The van der Waals surface area contributed by atoms with E-state index in [4.69, 9.17) is 9.47 Å². The molecule has 0 aliphatic carbocycles. The molecule has 132 valence electrons. The van der Waals surface area contributed by atoms with Crippen LogP contribution >= 0.6 is 0 Å². The molecule has 0 fully saturated rings. The monoisotopic (exact) mass is 346 g/mol. The number of ether oxygens (including phenoxy) is 2. The van der Waals surface area contributed by atoms with Crippen molar-refractivity contribution in [3.05, 3.63) is 63.5 Å². The molecular formula is C17H18N2O6. The fourth-order valence-corrected chi connectivity index (χ4v) is 3.03. The zero-order chi connectivity index (χ0) is 18.7. The maximum absolute atomic E-state index is 12.3. The van der Waals surface area contributed by atoms with Gasteiger partial charge in [0, 0.05) is 28.9 Å². The van der Waals surface area contributed by atoms with Crippen molar-refractivity contribution < 1.29 is 24.0 Å². The zero-order valence-electron chi connectivity index (χ0n) is 14.1. The van der Waals surface area contributed by atoms with E-state index in [1.54, 1.807) is 13.0 Å². The van der Waals surface area contributed by atoms with Gasteiger partial charge in [0.15, 0.2) is 0 Å². The van der Waals surface area contributed by atoms with Crippen LogP contribution in [0, 0.1) is 16.0 Å². The van der Waals surface area contributed by atoms with Crippen LogP contribution in [0.15, 0.2) is 47.8 Å². The van der Waals surface area contributed by atoms with Gasteiger partial charge in [-0.1, -0.05) is 24.8 Å². The summed E-state index contributed by atoms with van der Waals surface area (Å²) >= 11 is 0. The molecule has 1 aromatic carbocycles. The van der Waals surface area contributed by atoms with Crippen LogP contribution in [-0.2, 0) is 19.1 Å². The number of nitro groups is 1. The molecule has 0 saturated heterocycles. The number of esters is 2. The highest BCUT2D eigenvalue weighted by Gasteiger charge is 2.44. The van der Waals surface area contributed by atoms with E-state index in [1.807, 2.05) is 0 Å². The van der Waals surface area contributed by atoms with E-state index in [9.17, 15) is 19.7 Å². The Balaban J connectivity index is 2.78. The Morgan fingerprint density at radius 1 is 1.24 bits per heavy atom. The largest absolute Gasteiger partial charge is 0.468 e. The standard InChI is InChI=1S/C17H18N2O6/c1-9-13(16(20)24-3)15(14(10(2)18-9)17(21)25-4)11-7-5-6-8-12(11)19(22)23/h5-8,13,15,18H,1H2,2-4H3. The Bertz CT molecular complexity index is 783. The van der Waals surface area contributed by atoms with Gasteiger partial charge in [0.2, 0.25) is 0 Å². The molecule has 25 heavy (non-hydrogen) atoms. The van der Waals surface area contributed by atoms with Crippen molar-refractivity contribution in [2.24, 2.45) is 5.92 Å². The topological polar surface area (TPSA) is 108 Å². The van der Waals surface area contributed by atoms with Gasteiger partial charge in [-0.15, -0.1) is 0 Å². The predicted octanol–water partition coefficient (Wildman–Crippen LogP) is 2.03. The number of nitrogens with one attached hydrogen (secondary N) is 1. The SMILES string of the molecule is C=C1NC(C)=C(C(=O)OC)C(c2ccccc2[N+](=O)[O-])C1C(=O)OC. The maximum Gasteiger partial charge on any atom is 0.336 e. The number of carbonyl (C=O) groups is 2. The average molecular weight is 346 g/mol. The van der Waals surface area contributed by atoms with Crippen LogP contribution in [0.25, 0.3) is 0 Å². The first-order valence-corrected chi connectivity index (χ1v) is 7.39. The third-order valence-electron chi connectivity index (χ3n) is 4.10. The molecule has 0 radical (unpaired) electrons. The van der Waals surface area contributed by atoms with Crippen LogP contribution in [0.4, 0.5) is 5.69 Å². The third kappa shape index (κ3) is 3.23. The van der Waals surface area contributed by atoms with Gasteiger partial charge >= 0.3 is 11.9 Å². The summed E-state index contributed by atoms with van der Waals surface area (Å²) in [5.74, 6) is -3.30. The predicted molar refractivity (Wildman–Crippen MR) is 88.3 cm³/mol. The highest BCUT2D eigenvalue weighted by molar-refractivity contribution is 5.94. The maximum atomic E-state index is 12.3. The van der Waals surface area contributed by atoms with Gasteiger partial charge in [-0.05, 0) is 6.92 Å². The van der Waals surface area contributed by atoms with Gasteiger partial charge in [-0.25, -0.2) is 4.79 Å². The Morgan fingerprint density at radius 2 is 1.88 bits per heavy atom. The number of rotatable bonds is 4. The summed E-state index contributed by atoms with van der Waals surface area (Å²) in [4.78, 5) is 35.6. The second kappa shape index (κ2) is 7.16. The number of allylic oxidation sites excluding steroid dienone is 1. The molecule has 1 aliphatic rings. The lowest BCUT2D eigenvalue weighted by molar-refractivity contribution is -0.385. The number of para-hydroxylation sites is 1. The first-order valence-electron chi connectivity index (χ1n) is 7.39. The highest BCUT2D eigenvalue weighted by atomic mass is 16.6. The number of nitro benzene ring substituents is 1. The summed E-state index contributed by atoms with van der Waals surface area (Å²) in [7, 11) is 2.41. The fraction of sp³-hybridized carbons (Fsp3) is 0.294. The normalized spacial score (nSPS) is 19.9. The van der Waals surface area contributed by atoms with E-state index < -0.39 is 28.7 Å². The number of nitrogens with zero attached hydrogens (tertiary/aromatic N) is 1. The van der Waals surface area contributed by atoms with E-state index >= 15 is 0 Å². The molecule has 1 aliphatic heterocycles. The van der Waals surface area contributed by atoms with Gasteiger partial charge in [0.05, 0.1) is 24.7 Å².